The number of rotatable bonds is 20. The Balaban J connectivity index is 2.12. The van der Waals surface area contributed by atoms with E-state index in [1.807, 2.05) is 0 Å². The van der Waals surface area contributed by atoms with E-state index in [0.29, 0.717) is 22.9 Å². The maximum Gasteiger partial charge on any atom is 0.232 e. The SMILES string of the molecule is CCCCCCCCCCCCCCCCS(=O)(=O)Nc1cc(Cl)ccc1OCNC. The molecule has 0 saturated heterocycles. The molecule has 1 rings (SSSR count). The molecule has 0 aliphatic rings. The number of sulfonamides is 1. The van der Waals surface area contributed by atoms with Gasteiger partial charge in [-0.3, -0.25) is 10.0 Å². The molecule has 180 valence electrons. The van der Waals surface area contributed by atoms with E-state index < -0.39 is 10.0 Å². The third-order valence-corrected chi connectivity index (χ3v) is 6.94. The standard InChI is InChI=1S/C24H43ClN2O3S/c1-3-4-5-6-7-8-9-10-11-12-13-14-15-16-19-31(28,29)27-23-20-22(25)17-18-24(23)30-21-26-2/h17-18,20,26-27H,3-16,19,21H2,1-2H3. The van der Waals surface area contributed by atoms with E-state index in [2.05, 4.69) is 17.0 Å². The van der Waals surface area contributed by atoms with E-state index in [9.17, 15) is 8.42 Å². The zero-order valence-corrected chi connectivity index (χ0v) is 21.1. The Hall–Kier alpha value is -0.980. The van der Waals surface area contributed by atoms with Crippen molar-refractivity contribution in [3.8, 4) is 5.75 Å². The maximum atomic E-state index is 12.4. The Morgan fingerprint density at radius 1 is 0.839 bits per heavy atom. The van der Waals surface area contributed by atoms with Crippen molar-refractivity contribution in [1.29, 1.82) is 0 Å². The summed E-state index contributed by atoms with van der Waals surface area (Å²) in [5, 5.41) is 3.33. The highest BCUT2D eigenvalue weighted by atomic mass is 35.5. The van der Waals surface area contributed by atoms with Gasteiger partial charge in [0.05, 0.1) is 11.4 Å². The zero-order valence-electron chi connectivity index (χ0n) is 19.6. The molecule has 0 saturated carbocycles. The highest BCUT2D eigenvalue weighted by molar-refractivity contribution is 7.92. The molecule has 0 heterocycles. The van der Waals surface area contributed by atoms with Gasteiger partial charge in [-0.2, -0.15) is 0 Å². The van der Waals surface area contributed by atoms with Crippen LogP contribution in [-0.2, 0) is 10.0 Å². The number of hydrogen-bond donors (Lipinski definition) is 2. The molecule has 0 atom stereocenters. The minimum absolute atomic E-state index is 0.114. The summed E-state index contributed by atoms with van der Waals surface area (Å²) in [5.41, 5.74) is 0.383. The van der Waals surface area contributed by atoms with Crippen LogP contribution in [0, 0.1) is 0 Å². The van der Waals surface area contributed by atoms with Gasteiger partial charge in [-0.15, -0.1) is 0 Å². The number of nitrogens with one attached hydrogen (secondary N) is 2. The average molecular weight is 475 g/mol. The topological polar surface area (TPSA) is 67.4 Å². The molecule has 2 N–H and O–H groups in total. The van der Waals surface area contributed by atoms with Gasteiger partial charge in [0, 0.05) is 5.02 Å². The van der Waals surface area contributed by atoms with E-state index >= 15 is 0 Å². The molecule has 0 fully saturated rings. The van der Waals surface area contributed by atoms with Crippen molar-refractivity contribution in [2.24, 2.45) is 0 Å². The van der Waals surface area contributed by atoms with E-state index in [1.54, 1.807) is 25.2 Å². The summed E-state index contributed by atoms with van der Waals surface area (Å²) in [4.78, 5) is 0. The molecule has 0 spiro atoms. The van der Waals surface area contributed by atoms with Gasteiger partial charge in [-0.05, 0) is 31.7 Å². The van der Waals surface area contributed by atoms with Crippen molar-refractivity contribution in [1.82, 2.24) is 5.32 Å². The Kier molecular flexibility index (Phi) is 15.9. The summed E-state index contributed by atoms with van der Waals surface area (Å²) in [6, 6.07) is 4.93. The second-order valence-corrected chi connectivity index (χ2v) is 10.6. The second-order valence-electron chi connectivity index (χ2n) is 8.30. The van der Waals surface area contributed by atoms with Crippen molar-refractivity contribution < 1.29 is 13.2 Å². The summed E-state index contributed by atoms with van der Waals surface area (Å²) >= 11 is 6.01. The molecule has 5 nitrogen and oxygen atoms in total. The number of unbranched alkanes of at least 4 members (excludes halogenated alkanes) is 13. The molecule has 0 aromatic heterocycles. The number of anilines is 1. The highest BCUT2D eigenvalue weighted by Gasteiger charge is 2.14. The van der Waals surface area contributed by atoms with Crippen LogP contribution in [0.4, 0.5) is 5.69 Å². The lowest BCUT2D eigenvalue weighted by Gasteiger charge is -2.14. The van der Waals surface area contributed by atoms with Crippen molar-refractivity contribution >= 4 is 27.3 Å². The molecule has 7 heteroatoms. The first kappa shape index (κ1) is 28.1. The van der Waals surface area contributed by atoms with Gasteiger partial charge in [0.1, 0.15) is 12.5 Å². The molecule has 31 heavy (non-hydrogen) atoms. The molecule has 0 aliphatic heterocycles. The number of hydrogen-bond acceptors (Lipinski definition) is 4. The maximum absolute atomic E-state index is 12.4. The van der Waals surface area contributed by atoms with Crippen LogP contribution >= 0.6 is 11.6 Å². The van der Waals surface area contributed by atoms with Crippen molar-refractivity contribution in [3.63, 3.8) is 0 Å². The lowest BCUT2D eigenvalue weighted by Crippen LogP contribution is -2.19. The summed E-state index contributed by atoms with van der Waals surface area (Å²) in [6.07, 6.45) is 17.4. The van der Waals surface area contributed by atoms with Crippen molar-refractivity contribution in [2.75, 3.05) is 24.3 Å². The third-order valence-electron chi connectivity index (χ3n) is 5.35. The van der Waals surface area contributed by atoms with Gasteiger partial charge in [-0.25, -0.2) is 8.42 Å². The van der Waals surface area contributed by atoms with Gasteiger partial charge >= 0.3 is 0 Å². The van der Waals surface area contributed by atoms with Crippen molar-refractivity contribution in [2.45, 2.75) is 96.8 Å². The Morgan fingerprint density at radius 2 is 1.35 bits per heavy atom. The van der Waals surface area contributed by atoms with Gasteiger partial charge in [0.15, 0.2) is 0 Å². The molecule has 0 aliphatic carbocycles. The number of ether oxygens (including phenoxy) is 1. The first-order chi connectivity index (χ1) is 15.0. The third kappa shape index (κ3) is 14.7. The zero-order chi connectivity index (χ0) is 22.8. The Bertz CT molecular complexity index is 683. The van der Waals surface area contributed by atoms with Gasteiger partial charge < -0.3 is 4.74 Å². The predicted octanol–water partition coefficient (Wildman–Crippen LogP) is 7.12. The number of benzene rings is 1. The first-order valence-corrected chi connectivity index (χ1v) is 14.1. The Morgan fingerprint density at radius 3 is 1.87 bits per heavy atom. The van der Waals surface area contributed by atoms with Crippen LogP contribution < -0.4 is 14.8 Å². The molecular weight excluding hydrogens is 432 g/mol. The van der Waals surface area contributed by atoms with Gasteiger partial charge in [-0.1, -0.05) is 102 Å². The highest BCUT2D eigenvalue weighted by Crippen LogP contribution is 2.29. The van der Waals surface area contributed by atoms with Crippen LogP contribution in [0.1, 0.15) is 96.8 Å². The van der Waals surface area contributed by atoms with Crippen LogP contribution in [0.25, 0.3) is 0 Å². The largest absolute Gasteiger partial charge is 0.476 e. The fraction of sp³-hybridized carbons (Fsp3) is 0.750. The lowest BCUT2D eigenvalue weighted by atomic mass is 10.0. The molecule has 0 amide bonds. The Labute approximate surface area is 195 Å². The average Bonchev–Trinajstić information content (AvgIpc) is 2.73. The summed E-state index contributed by atoms with van der Waals surface area (Å²) < 4.78 is 33.0. The quantitative estimate of drug-likeness (QED) is 0.156. The van der Waals surface area contributed by atoms with E-state index in [1.165, 1.54) is 70.6 Å². The minimum atomic E-state index is -3.42. The van der Waals surface area contributed by atoms with Gasteiger partial charge in [0.2, 0.25) is 10.0 Å². The van der Waals surface area contributed by atoms with Crippen LogP contribution in [0.15, 0.2) is 18.2 Å². The lowest BCUT2D eigenvalue weighted by molar-refractivity contribution is 0.297. The molecule has 0 bridgehead atoms. The van der Waals surface area contributed by atoms with Crippen molar-refractivity contribution in [3.05, 3.63) is 23.2 Å². The molecule has 0 radical (unpaired) electrons. The summed E-state index contributed by atoms with van der Waals surface area (Å²) in [5.74, 6) is 0.575. The molecular formula is C24H43ClN2O3S. The smallest absolute Gasteiger partial charge is 0.232 e. The van der Waals surface area contributed by atoms with Gasteiger partial charge in [0.25, 0.3) is 0 Å². The molecule has 1 aromatic rings. The fourth-order valence-electron chi connectivity index (χ4n) is 3.56. The summed E-state index contributed by atoms with van der Waals surface area (Å²) in [7, 11) is -1.67. The minimum Gasteiger partial charge on any atom is -0.476 e. The first-order valence-electron chi connectivity index (χ1n) is 12.1. The fourth-order valence-corrected chi connectivity index (χ4v) is 4.92. The predicted molar refractivity (Wildman–Crippen MR) is 134 cm³/mol. The normalized spacial score (nSPS) is 11.6. The van der Waals surface area contributed by atoms with Crippen LogP contribution in [0.2, 0.25) is 5.02 Å². The van der Waals surface area contributed by atoms with Crippen LogP contribution in [-0.4, -0.2) is 27.9 Å². The van der Waals surface area contributed by atoms with Crippen LogP contribution in [0.5, 0.6) is 5.75 Å². The summed E-state index contributed by atoms with van der Waals surface area (Å²) in [6.45, 7) is 2.55. The van der Waals surface area contributed by atoms with E-state index in [-0.39, 0.29) is 12.5 Å². The van der Waals surface area contributed by atoms with Crippen LogP contribution in [0.3, 0.4) is 0 Å². The second kappa shape index (κ2) is 17.6. The number of halogens is 1. The monoisotopic (exact) mass is 474 g/mol. The molecule has 1 aromatic carbocycles. The van der Waals surface area contributed by atoms with E-state index in [0.717, 1.165) is 12.8 Å². The van der Waals surface area contributed by atoms with E-state index in [4.69, 9.17) is 16.3 Å². The molecule has 0 unspecified atom stereocenters.